The summed E-state index contributed by atoms with van der Waals surface area (Å²) >= 11 is 1.89. The first-order valence-corrected chi connectivity index (χ1v) is 10.2. The van der Waals surface area contributed by atoms with Crippen LogP contribution in [0.25, 0.3) is 11.1 Å². The van der Waals surface area contributed by atoms with Gasteiger partial charge >= 0.3 is 0 Å². The van der Waals surface area contributed by atoms with Gasteiger partial charge in [0.1, 0.15) is 0 Å². The maximum atomic E-state index is 12.6. The number of thioether (sulfide) groups is 1. The Kier molecular flexibility index (Phi) is 6.53. The molecule has 1 aliphatic rings. The Labute approximate surface area is 164 Å². The van der Waals surface area contributed by atoms with E-state index in [1.54, 1.807) is 11.9 Å². The SMILES string of the molecule is CN(Cc1cccc(-c2ccc(C(=O)N3CCSCC3)cc2)c1)C(=O)CN. The Morgan fingerprint density at radius 2 is 1.78 bits per heavy atom. The van der Waals surface area contributed by atoms with Crippen LogP contribution in [0.2, 0.25) is 0 Å². The maximum Gasteiger partial charge on any atom is 0.253 e. The molecule has 5 nitrogen and oxygen atoms in total. The smallest absolute Gasteiger partial charge is 0.253 e. The van der Waals surface area contributed by atoms with Crippen molar-refractivity contribution >= 4 is 23.6 Å². The third kappa shape index (κ3) is 4.90. The van der Waals surface area contributed by atoms with Gasteiger partial charge in [0.05, 0.1) is 6.54 Å². The van der Waals surface area contributed by atoms with E-state index in [0.29, 0.717) is 6.54 Å². The summed E-state index contributed by atoms with van der Waals surface area (Å²) in [6.45, 7) is 2.18. The molecular formula is C21H25N3O2S. The van der Waals surface area contributed by atoms with Gasteiger partial charge in [-0.1, -0.05) is 30.3 Å². The van der Waals surface area contributed by atoms with Crippen LogP contribution in [0.3, 0.4) is 0 Å². The van der Waals surface area contributed by atoms with Crippen LogP contribution in [-0.4, -0.2) is 59.8 Å². The molecule has 0 atom stereocenters. The van der Waals surface area contributed by atoms with E-state index in [0.717, 1.165) is 46.8 Å². The minimum Gasteiger partial charge on any atom is -0.340 e. The van der Waals surface area contributed by atoms with Crippen molar-refractivity contribution in [3.63, 3.8) is 0 Å². The topological polar surface area (TPSA) is 66.6 Å². The predicted molar refractivity (Wildman–Crippen MR) is 111 cm³/mol. The Bertz CT molecular complexity index is 801. The van der Waals surface area contributed by atoms with Gasteiger partial charge in [0.25, 0.3) is 5.91 Å². The number of nitrogens with zero attached hydrogens (tertiary/aromatic N) is 2. The molecule has 1 saturated heterocycles. The molecule has 3 rings (SSSR count). The van der Waals surface area contributed by atoms with Crippen molar-refractivity contribution < 1.29 is 9.59 Å². The van der Waals surface area contributed by atoms with Gasteiger partial charge in [0.15, 0.2) is 0 Å². The fourth-order valence-corrected chi connectivity index (χ4v) is 4.02. The lowest BCUT2D eigenvalue weighted by Gasteiger charge is -2.26. The second-order valence-electron chi connectivity index (χ2n) is 6.64. The summed E-state index contributed by atoms with van der Waals surface area (Å²) in [5.41, 5.74) is 9.31. The van der Waals surface area contributed by atoms with E-state index in [9.17, 15) is 9.59 Å². The third-order valence-corrected chi connectivity index (χ3v) is 5.65. The fraction of sp³-hybridized carbons (Fsp3) is 0.333. The van der Waals surface area contributed by atoms with Crippen molar-refractivity contribution in [2.75, 3.05) is 38.2 Å². The standard InChI is InChI=1S/C21H25N3O2S/c1-23(20(25)14-22)15-16-3-2-4-19(13-16)17-5-7-18(8-6-17)21(26)24-9-11-27-12-10-24/h2-8,13H,9-12,14-15,22H2,1H3. The zero-order valence-electron chi connectivity index (χ0n) is 15.6. The van der Waals surface area contributed by atoms with Gasteiger partial charge in [-0.05, 0) is 34.9 Å². The van der Waals surface area contributed by atoms with Crippen LogP contribution in [0.4, 0.5) is 0 Å². The summed E-state index contributed by atoms with van der Waals surface area (Å²) in [6.07, 6.45) is 0. The van der Waals surface area contributed by atoms with Crippen LogP contribution in [0.5, 0.6) is 0 Å². The summed E-state index contributed by atoms with van der Waals surface area (Å²) in [5.74, 6) is 2.05. The highest BCUT2D eigenvalue weighted by atomic mass is 32.2. The van der Waals surface area contributed by atoms with Gasteiger partial charge in [-0.15, -0.1) is 0 Å². The molecule has 0 spiro atoms. The molecule has 0 unspecified atom stereocenters. The molecule has 1 heterocycles. The minimum atomic E-state index is -0.0839. The van der Waals surface area contributed by atoms with Gasteiger partial charge in [-0.2, -0.15) is 11.8 Å². The molecule has 142 valence electrons. The molecule has 1 aliphatic heterocycles. The largest absolute Gasteiger partial charge is 0.340 e. The average Bonchev–Trinajstić information content (AvgIpc) is 2.73. The van der Waals surface area contributed by atoms with E-state index in [1.807, 2.05) is 59.1 Å². The summed E-state index contributed by atoms with van der Waals surface area (Å²) in [7, 11) is 1.75. The first-order chi connectivity index (χ1) is 13.1. The molecule has 1 fully saturated rings. The predicted octanol–water partition coefficient (Wildman–Crippen LogP) is 2.46. The molecule has 0 saturated carbocycles. The van der Waals surface area contributed by atoms with Gasteiger partial charge in [-0.25, -0.2) is 0 Å². The number of nitrogens with two attached hydrogens (primary N) is 1. The van der Waals surface area contributed by atoms with Gasteiger partial charge < -0.3 is 15.5 Å². The van der Waals surface area contributed by atoms with E-state index in [1.165, 1.54) is 0 Å². The summed E-state index contributed by atoms with van der Waals surface area (Å²) in [4.78, 5) is 27.8. The molecule has 2 N–H and O–H groups in total. The third-order valence-electron chi connectivity index (χ3n) is 4.71. The Balaban J connectivity index is 1.72. The monoisotopic (exact) mass is 383 g/mol. The Morgan fingerprint density at radius 1 is 1.07 bits per heavy atom. The van der Waals surface area contributed by atoms with E-state index < -0.39 is 0 Å². The lowest BCUT2D eigenvalue weighted by molar-refractivity contribution is -0.128. The molecule has 6 heteroatoms. The van der Waals surface area contributed by atoms with Crippen molar-refractivity contribution in [1.82, 2.24) is 9.80 Å². The highest BCUT2D eigenvalue weighted by Crippen LogP contribution is 2.22. The average molecular weight is 384 g/mol. The molecule has 0 bridgehead atoms. The quantitative estimate of drug-likeness (QED) is 0.861. The second-order valence-corrected chi connectivity index (χ2v) is 7.86. The first-order valence-electron chi connectivity index (χ1n) is 9.09. The van der Waals surface area contributed by atoms with Crippen LogP contribution in [0.1, 0.15) is 15.9 Å². The van der Waals surface area contributed by atoms with E-state index in [2.05, 4.69) is 6.07 Å². The zero-order chi connectivity index (χ0) is 19.2. The van der Waals surface area contributed by atoms with Crippen molar-refractivity contribution in [2.24, 2.45) is 5.73 Å². The first kappa shape index (κ1) is 19.5. The molecule has 2 amide bonds. The van der Waals surface area contributed by atoms with Crippen LogP contribution in [0.15, 0.2) is 48.5 Å². The summed E-state index contributed by atoms with van der Waals surface area (Å²) in [6, 6.07) is 15.9. The lowest BCUT2D eigenvalue weighted by atomic mass is 10.0. The normalized spacial score (nSPS) is 14.1. The van der Waals surface area contributed by atoms with Crippen molar-refractivity contribution in [3.05, 3.63) is 59.7 Å². The van der Waals surface area contributed by atoms with E-state index >= 15 is 0 Å². The number of carbonyl (C=O) groups excluding carboxylic acids is 2. The number of rotatable bonds is 5. The van der Waals surface area contributed by atoms with Crippen molar-refractivity contribution in [1.29, 1.82) is 0 Å². The molecule has 0 aromatic heterocycles. The fourth-order valence-electron chi connectivity index (χ4n) is 3.12. The van der Waals surface area contributed by atoms with Crippen molar-refractivity contribution in [2.45, 2.75) is 6.54 Å². The summed E-state index contributed by atoms with van der Waals surface area (Å²) in [5, 5.41) is 0. The Hall–Kier alpha value is -2.31. The maximum absolute atomic E-state index is 12.6. The molecule has 27 heavy (non-hydrogen) atoms. The van der Waals surface area contributed by atoms with E-state index in [4.69, 9.17) is 5.73 Å². The minimum absolute atomic E-state index is 0.0153. The molecule has 2 aromatic carbocycles. The zero-order valence-corrected chi connectivity index (χ0v) is 16.4. The highest BCUT2D eigenvalue weighted by Gasteiger charge is 2.18. The molecule has 0 aliphatic carbocycles. The molecular weight excluding hydrogens is 358 g/mol. The number of likely N-dealkylation sites (N-methyl/N-ethyl adjacent to an activating group) is 1. The molecule has 0 radical (unpaired) electrons. The number of carbonyl (C=O) groups is 2. The highest BCUT2D eigenvalue weighted by molar-refractivity contribution is 7.99. The van der Waals surface area contributed by atoms with Gasteiger partial charge in [0.2, 0.25) is 5.91 Å². The number of amides is 2. The number of hydrogen-bond acceptors (Lipinski definition) is 4. The Morgan fingerprint density at radius 3 is 2.44 bits per heavy atom. The van der Waals surface area contributed by atoms with Gasteiger partial charge in [-0.3, -0.25) is 9.59 Å². The van der Waals surface area contributed by atoms with Crippen LogP contribution in [-0.2, 0) is 11.3 Å². The van der Waals surface area contributed by atoms with Crippen LogP contribution in [0, 0.1) is 0 Å². The van der Waals surface area contributed by atoms with Gasteiger partial charge in [0, 0.05) is 43.8 Å². The van der Waals surface area contributed by atoms with Crippen LogP contribution >= 0.6 is 11.8 Å². The second kappa shape index (κ2) is 9.06. The number of hydrogen-bond donors (Lipinski definition) is 1. The van der Waals surface area contributed by atoms with Crippen LogP contribution < -0.4 is 5.73 Å². The summed E-state index contributed by atoms with van der Waals surface area (Å²) < 4.78 is 0. The van der Waals surface area contributed by atoms with E-state index in [-0.39, 0.29) is 18.4 Å². The molecule has 2 aromatic rings. The number of benzene rings is 2. The lowest BCUT2D eigenvalue weighted by Crippen LogP contribution is -2.37. The van der Waals surface area contributed by atoms with Crippen molar-refractivity contribution in [3.8, 4) is 11.1 Å².